The molecular weight excluding hydrogens is 449 g/mol. The number of alkyl halides is 3. The first-order chi connectivity index (χ1) is 14.9. The third kappa shape index (κ3) is 6.36. The largest absolute Gasteiger partial charge is 0.492 e. The zero-order valence-electron chi connectivity index (χ0n) is 17.7. The van der Waals surface area contributed by atoms with Crippen LogP contribution in [0.25, 0.3) is 0 Å². The number of aliphatic hydroxyl groups is 1. The fraction of sp³-hybridized carbons (Fsp3) is 0.381. The SMILES string of the molecule is CCOc1cc(NC(=O)C(O)[C@@H](C)CC)ccc1S(=O)(=O)Nc1cccc(C(F)(F)F)c1. The van der Waals surface area contributed by atoms with E-state index < -0.39 is 33.8 Å². The summed E-state index contributed by atoms with van der Waals surface area (Å²) >= 11 is 0. The Morgan fingerprint density at radius 2 is 1.81 bits per heavy atom. The van der Waals surface area contributed by atoms with Gasteiger partial charge in [0.25, 0.3) is 15.9 Å². The average Bonchev–Trinajstić information content (AvgIpc) is 2.72. The van der Waals surface area contributed by atoms with Crippen LogP contribution in [0.4, 0.5) is 24.5 Å². The van der Waals surface area contributed by atoms with Crippen molar-refractivity contribution in [3.63, 3.8) is 0 Å². The predicted molar refractivity (Wildman–Crippen MR) is 114 cm³/mol. The first kappa shape index (κ1) is 25.5. The Labute approximate surface area is 184 Å². The second-order valence-corrected chi connectivity index (χ2v) is 8.75. The zero-order valence-corrected chi connectivity index (χ0v) is 18.5. The molecule has 11 heteroatoms. The first-order valence-corrected chi connectivity index (χ1v) is 11.3. The molecule has 0 fully saturated rings. The summed E-state index contributed by atoms with van der Waals surface area (Å²) in [7, 11) is -4.31. The molecule has 0 saturated carbocycles. The molecule has 0 aromatic heterocycles. The summed E-state index contributed by atoms with van der Waals surface area (Å²) < 4.78 is 71.9. The van der Waals surface area contributed by atoms with E-state index >= 15 is 0 Å². The number of halogens is 3. The summed E-state index contributed by atoms with van der Waals surface area (Å²) in [5, 5.41) is 12.5. The Kier molecular flexibility index (Phi) is 8.13. The molecule has 0 bridgehead atoms. The van der Waals surface area contributed by atoms with Crippen LogP contribution in [0.2, 0.25) is 0 Å². The highest BCUT2D eigenvalue weighted by atomic mass is 32.2. The van der Waals surface area contributed by atoms with Gasteiger partial charge in [0.2, 0.25) is 0 Å². The molecule has 1 amide bonds. The van der Waals surface area contributed by atoms with E-state index in [1.54, 1.807) is 13.8 Å². The topological polar surface area (TPSA) is 105 Å². The summed E-state index contributed by atoms with van der Waals surface area (Å²) in [6.07, 6.45) is -5.30. The second-order valence-electron chi connectivity index (χ2n) is 7.10. The van der Waals surface area contributed by atoms with E-state index in [-0.39, 0.29) is 34.5 Å². The standard InChI is InChI=1S/C21H25F3N2O5S/c1-4-13(3)19(27)20(28)25-15-9-10-18(17(12-15)31-5-2)32(29,30)26-16-8-6-7-14(11-16)21(22,23)24/h6-13,19,26-27H,4-5H2,1-3H3,(H,25,28)/t13-,19?/m0/s1. The molecule has 2 atom stereocenters. The van der Waals surface area contributed by atoms with Crippen LogP contribution in [-0.4, -0.2) is 32.1 Å². The molecule has 2 aromatic carbocycles. The van der Waals surface area contributed by atoms with E-state index in [9.17, 15) is 31.5 Å². The van der Waals surface area contributed by atoms with Crippen LogP contribution < -0.4 is 14.8 Å². The number of benzene rings is 2. The molecule has 0 radical (unpaired) electrons. The third-order valence-electron chi connectivity index (χ3n) is 4.69. The molecule has 0 heterocycles. The highest BCUT2D eigenvalue weighted by Crippen LogP contribution is 2.33. The van der Waals surface area contributed by atoms with E-state index in [1.165, 1.54) is 18.2 Å². The van der Waals surface area contributed by atoms with Gasteiger partial charge in [0.1, 0.15) is 16.7 Å². The van der Waals surface area contributed by atoms with Crippen molar-refractivity contribution in [1.82, 2.24) is 0 Å². The van der Waals surface area contributed by atoms with Crippen molar-refractivity contribution in [2.45, 2.75) is 44.4 Å². The Morgan fingerprint density at radius 1 is 1.12 bits per heavy atom. The van der Waals surface area contributed by atoms with Crippen molar-refractivity contribution in [2.75, 3.05) is 16.6 Å². The Balaban J connectivity index is 2.33. The van der Waals surface area contributed by atoms with Crippen LogP contribution in [0, 0.1) is 5.92 Å². The van der Waals surface area contributed by atoms with E-state index in [4.69, 9.17) is 4.74 Å². The first-order valence-electron chi connectivity index (χ1n) is 9.84. The molecule has 2 rings (SSSR count). The third-order valence-corrected chi connectivity index (χ3v) is 6.12. The van der Waals surface area contributed by atoms with Crippen LogP contribution in [0.1, 0.15) is 32.8 Å². The van der Waals surface area contributed by atoms with E-state index in [2.05, 4.69) is 10.0 Å². The van der Waals surface area contributed by atoms with E-state index in [0.29, 0.717) is 12.5 Å². The molecule has 0 spiro atoms. The maximum Gasteiger partial charge on any atom is 0.416 e. The number of amides is 1. The molecule has 32 heavy (non-hydrogen) atoms. The summed E-state index contributed by atoms with van der Waals surface area (Å²) in [6.45, 7) is 5.25. The van der Waals surface area contributed by atoms with E-state index in [0.717, 1.165) is 18.2 Å². The minimum Gasteiger partial charge on any atom is -0.492 e. The van der Waals surface area contributed by atoms with Crippen molar-refractivity contribution < 1.29 is 36.2 Å². The number of aliphatic hydroxyl groups excluding tert-OH is 1. The molecule has 0 aliphatic heterocycles. The van der Waals surface area contributed by atoms with Crippen molar-refractivity contribution >= 4 is 27.3 Å². The molecular formula is C21H25F3N2O5S. The van der Waals surface area contributed by atoms with Gasteiger partial charge < -0.3 is 15.2 Å². The highest BCUT2D eigenvalue weighted by molar-refractivity contribution is 7.92. The summed E-state index contributed by atoms with van der Waals surface area (Å²) in [5.74, 6) is -1.04. The monoisotopic (exact) mass is 474 g/mol. The smallest absolute Gasteiger partial charge is 0.416 e. The lowest BCUT2D eigenvalue weighted by molar-refractivity contribution is -0.137. The van der Waals surface area contributed by atoms with Gasteiger partial charge in [-0.25, -0.2) is 8.42 Å². The molecule has 0 aliphatic rings. The normalized spacial score (nSPS) is 13.8. The number of hydrogen-bond acceptors (Lipinski definition) is 5. The van der Waals surface area contributed by atoms with Crippen molar-refractivity contribution in [3.8, 4) is 5.75 Å². The lowest BCUT2D eigenvalue weighted by Gasteiger charge is -2.18. The lowest BCUT2D eigenvalue weighted by Crippen LogP contribution is -2.32. The minimum atomic E-state index is -4.63. The molecule has 0 saturated heterocycles. The Morgan fingerprint density at radius 3 is 2.41 bits per heavy atom. The van der Waals surface area contributed by atoms with Gasteiger partial charge in [-0.15, -0.1) is 0 Å². The van der Waals surface area contributed by atoms with Crippen LogP contribution >= 0.6 is 0 Å². The average molecular weight is 475 g/mol. The maximum atomic E-state index is 12.9. The van der Waals surface area contributed by atoms with Gasteiger partial charge in [0, 0.05) is 17.4 Å². The van der Waals surface area contributed by atoms with E-state index in [1.807, 2.05) is 6.92 Å². The van der Waals surface area contributed by atoms with Gasteiger partial charge in [0.15, 0.2) is 0 Å². The molecule has 0 aliphatic carbocycles. The van der Waals surface area contributed by atoms with Gasteiger partial charge >= 0.3 is 6.18 Å². The number of carbonyl (C=O) groups excluding carboxylic acids is 1. The molecule has 3 N–H and O–H groups in total. The summed E-state index contributed by atoms with van der Waals surface area (Å²) in [4.78, 5) is 11.9. The van der Waals surface area contributed by atoms with Crippen LogP contribution in [0.3, 0.4) is 0 Å². The number of carbonyl (C=O) groups is 1. The van der Waals surface area contributed by atoms with Gasteiger partial charge in [0.05, 0.1) is 12.2 Å². The maximum absolute atomic E-state index is 12.9. The lowest BCUT2D eigenvalue weighted by atomic mass is 10.0. The van der Waals surface area contributed by atoms with Crippen LogP contribution in [-0.2, 0) is 21.0 Å². The van der Waals surface area contributed by atoms with Gasteiger partial charge in [-0.05, 0) is 43.2 Å². The fourth-order valence-corrected chi connectivity index (χ4v) is 3.92. The zero-order chi connectivity index (χ0) is 24.1. The van der Waals surface area contributed by atoms with Gasteiger partial charge in [-0.1, -0.05) is 26.3 Å². The van der Waals surface area contributed by atoms with Crippen LogP contribution in [0.5, 0.6) is 5.75 Å². The van der Waals surface area contributed by atoms with Crippen molar-refractivity contribution in [1.29, 1.82) is 0 Å². The molecule has 7 nitrogen and oxygen atoms in total. The number of anilines is 2. The van der Waals surface area contributed by atoms with Crippen LogP contribution in [0.15, 0.2) is 47.4 Å². The van der Waals surface area contributed by atoms with Gasteiger partial charge in [-0.3, -0.25) is 9.52 Å². The van der Waals surface area contributed by atoms with Crippen molar-refractivity contribution in [2.24, 2.45) is 5.92 Å². The second kappa shape index (κ2) is 10.2. The number of rotatable bonds is 9. The summed E-state index contributed by atoms with van der Waals surface area (Å²) in [6, 6.07) is 7.52. The quantitative estimate of drug-likeness (QED) is 0.504. The Hall–Kier alpha value is -2.79. The molecule has 2 aromatic rings. The van der Waals surface area contributed by atoms with Gasteiger partial charge in [-0.2, -0.15) is 13.2 Å². The highest BCUT2D eigenvalue weighted by Gasteiger charge is 2.31. The number of nitrogens with one attached hydrogen (secondary N) is 2. The van der Waals surface area contributed by atoms with Crippen molar-refractivity contribution in [3.05, 3.63) is 48.0 Å². The molecule has 1 unspecified atom stereocenters. The number of ether oxygens (including phenoxy) is 1. The molecule has 176 valence electrons. The summed E-state index contributed by atoms with van der Waals surface area (Å²) in [5.41, 5.74) is -1.07. The minimum absolute atomic E-state index is 0.0962. The fourth-order valence-electron chi connectivity index (χ4n) is 2.74. The number of hydrogen-bond donors (Lipinski definition) is 3. The predicted octanol–water partition coefficient (Wildman–Crippen LogP) is 4.25. The number of sulfonamides is 1. The Bertz CT molecular complexity index is 1060.